The first kappa shape index (κ1) is 32.8. The molecule has 2 heteroatoms. The molecule has 21 heavy (non-hydrogen) atoms. The summed E-state index contributed by atoms with van der Waals surface area (Å²) in [5.41, 5.74) is 0. The average Bonchev–Trinajstić information content (AvgIpc) is 3.14. The Morgan fingerprint density at radius 2 is 1.10 bits per heavy atom. The smallest absolute Gasteiger partial charge is 0.343 e. The zero-order chi connectivity index (χ0) is 13.9. The molecule has 0 heterocycles. The fraction of sp³-hybridized carbons (Fsp3) is 0.474. The molecule has 0 saturated heterocycles. The molecule has 0 amide bonds. The van der Waals surface area contributed by atoms with Crippen molar-refractivity contribution in [2.24, 2.45) is 0 Å². The minimum Gasteiger partial charge on any atom is -0.343 e. The number of rotatable bonds is 2. The first-order chi connectivity index (χ1) is 8.83. The summed E-state index contributed by atoms with van der Waals surface area (Å²) in [7, 11) is 0. The van der Waals surface area contributed by atoms with Crippen molar-refractivity contribution >= 4 is 0 Å². The molecule has 0 fully saturated rings. The third-order valence-corrected chi connectivity index (χ3v) is 1.88. The van der Waals surface area contributed by atoms with E-state index in [1.165, 1.54) is 12.8 Å². The van der Waals surface area contributed by atoms with E-state index in [1.54, 1.807) is 0 Å². The van der Waals surface area contributed by atoms with Gasteiger partial charge in [0.15, 0.2) is 0 Å². The summed E-state index contributed by atoms with van der Waals surface area (Å²) in [6.07, 6.45) is 24.6. The Balaban J connectivity index is -0.0000000522. The van der Waals surface area contributed by atoms with Gasteiger partial charge in [0.25, 0.3) is 0 Å². The van der Waals surface area contributed by atoms with Gasteiger partial charge in [-0.2, -0.15) is 25.0 Å². The SMILES string of the molecule is C.[C-]1=CC=CC1.[C-]1=CC=CC1.[CH2-]CCC.[CH2-]CCC.[Fe+2].[Fe+2]. The van der Waals surface area contributed by atoms with Crippen LogP contribution in [0.15, 0.2) is 36.5 Å². The van der Waals surface area contributed by atoms with Crippen LogP contribution in [0.5, 0.6) is 0 Å². The molecule has 0 aromatic rings. The Morgan fingerprint density at radius 3 is 1.14 bits per heavy atom. The van der Waals surface area contributed by atoms with Crippen LogP contribution in [0.4, 0.5) is 0 Å². The minimum absolute atomic E-state index is 0. The summed E-state index contributed by atoms with van der Waals surface area (Å²) in [5, 5.41) is 0. The molecule has 0 spiro atoms. The van der Waals surface area contributed by atoms with Gasteiger partial charge in [-0.1, -0.05) is 34.1 Å². The quantitative estimate of drug-likeness (QED) is 0.384. The van der Waals surface area contributed by atoms with Gasteiger partial charge in [-0.15, -0.1) is 12.8 Å². The maximum atomic E-state index is 3.60. The van der Waals surface area contributed by atoms with Gasteiger partial charge in [0.05, 0.1) is 0 Å². The van der Waals surface area contributed by atoms with Gasteiger partial charge in [-0.05, 0) is 0 Å². The van der Waals surface area contributed by atoms with Gasteiger partial charge in [-0.3, -0.25) is 12.2 Å². The molecule has 0 saturated carbocycles. The van der Waals surface area contributed by atoms with Crippen LogP contribution >= 0.6 is 0 Å². The van der Waals surface area contributed by atoms with Crippen LogP contribution in [0.25, 0.3) is 0 Å². The van der Waals surface area contributed by atoms with E-state index in [2.05, 4.69) is 52.0 Å². The molecule has 0 atom stereocenters. The van der Waals surface area contributed by atoms with Gasteiger partial charge in [-0.25, -0.2) is 24.3 Å². The minimum atomic E-state index is 0. The Morgan fingerprint density at radius 1 is 0.810 bits per heavy atom. The van der Waals surface area contributed by atoms with Crippen LogP contribution in [0.2, 0.25) is 0 Å². The predicted molar refractivity (Wildman–Crippen MR) is 90.4 cm³/mol. The number of allylic oxidation sites excluding steroid dienone is 8. The number of hydrogen-bond acceptors (Lipinski definition) is 0. The van der Waals surface area contributed by atoms with Crippen LogP contribution in [0.3, 0.4) is 0 Å². The zero-order valence-electron chi connectivity index (χ0n) is 12.8. The van der Waals surface area contributed by atoms with E-state index in [9.17, 15) is 0 Å². The van der Waals surface area contributed by atoms with Gasteiger partial charge >= 0.3 is 34.1 Å². The van der Waals surface area contributed by atoms with Crippen LogP contribution in [-0.2, 0) is 34.1 Å². The molecule has 0 bridgehead atoms. The van der Waals surface area contributed by atoms with Crippen molar-refractivity contribution in [3.63, 3.8) is 0 Å². The first-order valence-electron chi connectivity index (χ1n) is 6.85. The van der Waals surface area contributed by atoms with Crippen molar-refractivity contribution in [1.29, 1.82) is 0 Å². The third kappa shape index (κ3) is 45.0. The summed E-state index contributed by atoms with van der Waals surface area (Å²) >= 11 is 0. The molecule has 0 aromatic carbocycles. The monoisotopic (exact) mass is 372 g/mol. The topological polar surface area (TPSA) is 0 Å². The van der Waals surface area contributed by atoms with E-state index >= 15 is 0 Å². The molecule has 2 aliphatic carbocycles. The molecule has 0 N–H and O–H groups in total. The number of hydrogen-bond donors (Lipinski definition) is 0. The Hall–Kier alpha value is -0.00104. The first-order valence-corrected chi connectivity index (χ1v) is 6.85. The summed E-state index contributed by atoms with van der Waals surface area (Å²) in [6.45, 7) is 11.4. The fourth-order valence-corrected chi connectivity index (χ4v) is 0.680. The second-order valence-electron chi connectivity index (χ2n) is 3.71. The molecular formula is C19H32Fe2. The zero-order valence-corrected chi connectivity index (χ0v) is 15.0. The van der Waals surface area contributed by atoms with E-state index in [1.807, 2.05) is 24.3 Å². The molecule has 0 aliphatic heterocycles. The number of unbranched alkanes of at least 4 members (excludes halogenated alkanes) is 2. The van der Waals surface area contributed by atoms with Gasteiger partial charge in [0.2, 0.25) is 0 Å². The van der Waals surface area contributed by atoms with E-state index in [0.29, 0.717) is 0 Å². The van der Waals surface area contributed by atoms with E-state index < -0.39 is 0 Å². The van der Waals surface area contributed by atoms with E-state index in [4.69, 9.17) is 0 Å². The maximum absolute atomic E-state index is 3.60. The molecule has 0 radical (unpaired) electrons. The molecular weight excluding hydrogens is 340 g/mol. The molecule has 124 valence electrons. The molecule has 0 aromatic heterocycles. The maximum Gasteiger partial charge on any atom is 2.00 e. The largest absolute Gasteiger partial charge is 2.00 e. The predicted octanol–water partition coefficient (Wildman–Crippen LogP) is 6.48. The van der Waals surface area contributed by atoms with Gasteiger partial charge in [0, 0.05) is 0 Å². The van der Waals surface area contributed by atoms with Crippen molar-refractivity contribution < 1.29 is 34.1 Å². The van der Waals surface area contributed by atoms with Crippen LogP contribution in [0.1, 0.15) is 59.8 Å². The molecule has 0 unspecified atom stereocenters. The van der Waals surface area contributed by atoms with Crippen molar-refractivity contribution in [3.05, 3.63) is 62.5 Å². The van der Waals surface area contributed by atoms with Gasteiger partial charge in [0.1, 0.15) is 0 Å². The Labute approximate surface area is 156 Å². The van der Waals surface area contributed by atoms with Crippen molar-refractivity contribution in [2.45, 2.75) is 59.8 Å². The van der Waals surface area contributed by atoms with Crippen LogP contribution in [0, 0.1) is 26.0 Å². The summed E-state index contributed by atoms with van der Waals surface area (Å²) < 4.78 is 0. The summed E-state index contributed by atoms with van der Waals surface area (Å²) in [4.78, 5) is 0. The second-order valence-corrected chi connectivity index (χ2v) is 3.71. The van der Waals surface area contributed by atoms with Crippen LogP contribution < -0.4 is 0 Å². The second kappa shape index (κ2) is 36.8. The van der Waals surface area contributed by atoms with Crippen molar-refractivity contribution in [3.8, 4) is 0 Å². The summed E-state index contributed by atoms with van der Waals surface area (Å²) in [5.74, 6) is 0. The Kier molecular flexibility index (Phi) is 57.6. The average molecular weight is 372 g/mol. The van der Waals surface area contributed by atoms with Gasteiger partial charge < -0.3 is 13.8 Å². The Bertz CT molecular complexity index is 188. The van der Waals surface area contributed by atoms with E-state index in [0.717, 1.165) is 25.7 Å². The molecule has 0 nitrogen and oxygen atoms in total. The third-order valence-electron chi connectivity index (χ3n) is 1.88. The summed E-state index contributed by atoms with van der Waals surface area (Å²) in [6, 6.07) is 0. The standard InChI is InChI=1S/2C5H5.2C4H9.CH4.2Fe/c2*1-2-4-5-3-1;2*1-3-4-2;;;/h2*1-3H,4H2;2*1,3-4H2,2H3;1H4;;/q4*-1;;2*+2. The van der Waals surface area contributed by atoms with E-state index in [-0.39, 0.29) is 41.6 Å². The van der Waals surface area contributed by atoms with Crippen molar-refractivity contribution in [2.75, 3.05) is 0 Å². The fourth-order valence-electron chi connectivity index (χ4n) is 0.680. The molecule has 2 rings (SSSR count). The molecule has 2 aliphatic rings. The van der Waals surface area contributed by atoms with Crippen LogP contribution in [-0.4, -0.2) is 0 Å². The normalized spacial score (nSPS) is 11.2. The van der Waals surface area contributed by atoms with Crippen molar-refractivity contribution in [1.82, 2.24) is 0 Å².